The maximum atomic E-state index is 5.98. The molecule has 84 valence electrons. The van der Waals surface area contributed by atoms with Crippen LogP contribution in [-0.4, -0.2) is 32.9 Å². The van der Waals surface area contributed by atoms with Crippen LogP contribution in [0.2, 0.25) is 0 Å². The maximum Gasteiger partial charge on any atom is 0.107 e. The molecule has 2 aliphatic rings. The van der Waals surface area contributed by atoms with Crippen molar-refractivity contribution in [3.8, 4) is 0 Å². The third-order valence-electron chi connectivity index (χ3n) is 3.80. The third-order valence-corrected chi connectivity index (χ3v) is 3.80. The molecule has 0 aromatic heterocycles. The standard InChI is InChI=1S/C11H18BN.C2H6/c1-9-7-11(8-10(9)12)3-5-13(2)6-4-11;1-2/h3-8H2,1-2H3;1-2H3. The lowest BCUT2D eigenvalue weighted by molar-refractivity contribution is 0.132. The summed E-state index contributed by atoms with van der Waals surface area (Å²) in [5.41, 5.74) is 3.18. The van der Waals surface area contributed by atoms with Gasteiger partial charge in [0.1, 0.15) is 7.85 Å². The average molecular weight is 205 g/mol. The van der Waals surface area contributed by atoms with E-state index in [1.54, 1.807) is 0 Å². The van der Waals surface area contributed by atoms with Gasteiger partial charge < -0.3 is 4.90 Å². The molecule has 1 saturated heterocycles. The fourth-order valence-electron chi connectivity index (χ4n) is 2.74. The van der Waals surface area contributed by atoms with Crippen LogP contribution in [0.15, 0.2) is 11.0 Å². The Morgan fingerprint density at radius 1 is 1.13 bits per heavy atom. The fraction of sp³-hybridized carbons (Fsp3) is 0.846. The Morgan fingerprint density at radius 3 is 2.07 bits per heavy atom. The predicted molar refractivity (Wildman–Crippen MR) is 68.2 cm³/mol. The molecular formula is C13H24BN. The Labute approximate surface area is 96.3 Å². The Balaban J connectivity index is 0.000000531. The van der Waals surface area contributed by atoms with E-state index in [1.807, 2.05) is 13.8 Å². The largest absolute Gasteiger partial charge is 0.306 e. The van der Waals surface area contributed by atoms with Gasteiger partial charge in [-0.3, -0.25) is 0 Å². The number of likely N-dealkylation sites (tertiary alicyclic amines) is 1. The molecular weight excluding hydrogens is 181 g/mol. The van der Waals surface area contributed by atoms with E-state index in [4.69, 9.17) is 7.85 Å². The van der Waals surface area contributed by atoms with E-state index in [2.05, 4.69) is 18.9 Å². The molecule has 2 rings (SSSR count). The molecule has 1 aliphatic heterocycles. The lowest BCUT2D eigenvalue weighted by atomic mass is 9.74. The van der Waals surface area contributed by atoms with Crippen LogP contribution in [0.4, 0.5) is 0 Å². The molecule has 0 atom stereocenters. The molecule has 15 heavy (non-hydrogen) atoms. The summed E-state index contributed by atoms with van der Waals surface area (Å²) in [6.45, 7) is 8.70. The third kappa shape index (κ3) is 2.87. The summed E-state index contributed by atoms with van der Waals surface area (Å²) in [6, 6.07) is 0. The Morgan fingerprint density at radius 2 is 1.67 bits per heavy atom. The van der Waals surface area contributed by atoms with Crippen LogP contribution in [0.1, 0.15) is 46.5 Å². The van der Waals surface area contributed by atoms with E-state index < -0.39 is 0 Å². The molecule has 2 heteroatoms. The summed E-state index contributed by atoms with van der Waals surface area (Å²) in [5.74, 6) is 0. The summed E-state index contributed by atoms with van der Waals surface area (Å²) < 4.78 is 0. The Bertz CT molecular complexity index is 221. The minimum Gasteiger partial charge on any atom is -0.306 e. The SMILES string of the molecule is CC.[B]C1=C(C)CC2(CCN(C)CC2)C1. The molecule has 1 spiro atoms. The zero-order valence-electron chi connectivity index (χ0n) is 10.8. The minimum absolute atomic E-state index is 0.556. The van der Waals surface area contributed by atoms with Crippen LogP contribution in [0, 0.1) is 5.41 Å². The van der Waals surface area contributed by atoms with E-state index >= 15 is 0 Å². The summed E-state index contributed by atoms with van der Waals surface area (Å²) in [5, 5.41) is 0. The highest BCUT2D eigenvalue weighted by molar-refractivity contribution is 6.22. The average Bonchev–Trinajstić information content (AvgIpc) is 2.51. The van der Waals surface area contributed by atoms with Gasteiger partial charge in [0.2, 0.25) is 0 Å². The molecule has 2 radical (unpaired) electrons. The Hall–Kier alpha value is -0.235. The smallest absolute Gasteiger partial charge is 0.107 e. The van der Waals surface area contributed by atoms with E-state index in [-0.39, 0.29) is 0 Å². The normalized spacial score (nSPS) is 25.3. The molecule has 0 bridgehead atoms. The van der Waals surface area contributed by atoms with Crippen molar-refractivity contribution in [1.29, 1.82) is 0 Å². The van der Waals surface area contributed by atoms with Crippen LogP contribution >= 0.6 is 0 Å². The first-order valence-electron chi connectivity index (χ1n) is 6.24. The van der Waals surface area contributed by atoms with E-state index in [9.17, 15) is 0 Å². The van der Waals surface area contributed by atoms with Gasteiger partial charge in [0, 0.05) is 0 Å². The summed E-state index contributed by atoms with van der Waals surface area (Å²) in [6.07, 6.45) is 5.09. The van der Waals surface area contributed by atoms with Gasteiger partial charge in [-0.15, -0.1) is 5.47 Å². The van der Waals surface area contributed by atoms with Gasteiger partial charge in [-0.2, -0.15) is 0 Å². The first-order valence-corrected chi connectivity index (χ1v) is 6.24. The van der Waals surface area contributed by atoms with Gasteiger partial charge in [0.25, 0.3) is 0 Å². The van der Waals surface area contributed by atoms with E-state index in [0.29, 0.717) is 5.41 Å². The van der Waals surface area contributed by atoms with Crippen molar-refractivity contribution in [2.45, 2.75) is 46.5 Å². The number of hydrogen-bond donors (Lipinski definition) is 0. The second-order valence-electron chi connectivity index (χ2n) is 4.96. The van der Waals surface area contributed by atoms with Gasteiger partial charge in [0.15, 0.2) is 0 Å². The summed E-state index contributed by atoms with van der Waals surface area (Å²) in [7, 11) is 8.20. The van der Waals surface area contributed by atoms with Crippen molar-refractivity contribution in [2.75, 3.05) is 20.1 Å². The lowest BCUT2D eigenvalue weighted by Gasteiger charge is -2.38. The quantitative estimate of drug-likeness (QED) is 0.549. The molecule has 1 nitrogen and oxygen atoms in total. The highest BCUT2D eigenvalue weighted by Gasteiger charge is 2.37. The number of hydrogen-bond acceptors (Lipinski definition) is 1. The molecule has 0 amide bonds. The summed E-state index contributed by atoms with van der Waals surface area (Å²) in [4.78, 5) is 2.43. The first-order chi connectivity index (χ1) is 7.11. The molecule has 0 aromatic rings. The van der Waals surface area contributed by atoms with Crippen molar-refractivity contribution in [2.24, 2.45) is 5.41 Å². The van der Waals surface area contributed by atoms with E-state index in [0.717, 1.165) is 6.42 Å². The molecule has 0 aromatic carbocycles. The van der Waals surface area contributed by atoms with E-state index in [1.165, 1.54) is 43.4 Å². The topological polar surface area (TPSA) is 3.24 Å². The zero-order chi connectivity index (χ0) is 11.5. The van der Waals surface area contributed by atoms with Crippen LogP contribution in [0.3, 0.4) is 0 Å². The van der Waals surface area contributed by atoms with Crippen LogP contribution in [0.25, 0.3) is 0 Å². The molecule has 1 fully saturated rings. The summed E-state index contributed by atoms with van der Waals surface area (Å²) >= 11 is 0. The van der Waals surface area contributed by atoms with Crippen molar-refractivity contribution >= 4 is 7.85 Å². The number of rotatable bonds is 0. The monoisotopic (exact) mass is 205 g/mol. The van der Waals surface area contributed by atoms with Gasteiger partial charge in [-0.05, 0) is 58.2 Å². The number of nitrogens with zero attached hydrogens (tertiary/aromatic N) is 1. The Kier molecular flexibility index (Phi) is 4.45. The van der Waals surface area contributed by atoms with Gasteiger partial charge >= 0.3 is 0 Å². The second-order valence-corrected chi connectivity index (χ2v) is 4.96. The molecule has 0 saturated carbocycles. The fourth-order valence-corrected chi connectivity index (χ4v) is 2.74. The van der Waals surface area contributed by atoms with Crippen LogP contribution in [0.5, 0.6) is 0 Å². The zero-order valence-corrected chi connectivity index (χ0v) is 10.8. The highest BCUT2D eigenvalue weighted by atomic mass is 15.1. The molecule has 0 N–H and O–H groups in total. The molecule has 1 aliphatic carbocycles. The predicted octanol–water partition coefficient (Wildman–Crippen LogP) is 2.96. The number of allylic oxidation sites excluding steroid dienone is 2. The van der Waals surface area contributed by atoms with Gasteiger partial charge in [0.05, 0.1) is 0 Å². The molecule has 1 heterocycles. The lowest BCUT2D eigenvalue weighted by Crippen LogP contribution is -2.36. The molecule has 0 unspecified atom stereocenters. The van der Waals surface area contributed by atoms with Crippen LogP contribution in [-0.2, 0) is 0 Å². The van der Waals surface area contributed by atoms with Crippen molar-refractivity contribution in [3.05, 3.63) is 11.0 Å². The van der Waals surface area contributed by atoms with Gasteiger partial charge in [-0.1, -0.05) is 19.4 Å². The second kappa shape index (κ2) is 5.20. The minimum atomic E-state index is 0.556. The van der Waals surface area contributed by atoms with Crippen LogP contribution < -0.4 is 0 Å². The van der Waals surface area contributed by atoms with Crippen molar-refractivity contribution in [1.82, 2.24) is 4.90 Å². The maximum absolute atomic E-state index is 5.98. The van der Waals surface area contributed by atoms with Gasteiger partial charge in [-0.25, -0.2) is 0 Å². The number of piperidine rings is 1. The first kappa shape index (κ1) is 12.8. The van der Waals surface area contributed by atoms with Crippen molar-refractivity contribution in [3.63, 3.8) is 0 Å². The van der Waals surface area contributed by atoms with Crippen molar-refractivity contribution < 1.29 is 0 Å². The highest BCUT2D eigenvalue weighted by Crippen LogP contribution is 2.47.